The van der Waals surface area contributed by atoms with Gasteiger partial charge in [-0.3, -0.25) is 4.79 Å². The third-order valence-electron chi connectivity index (χ3n) is 2.07. The molecule has 2 unspecified atom stereocenters. The maximum atomic E-state index is 11.4. The number of carbonyl (C=O) groups excluding carboxylic acids is 2. The number of ketones is 1. The summed E-state index contributed by atoms with van der Waals surface area (Å²) in [6.45, 7) is 6.88. The van der Waals surface area contributed by atoms with Gasteiger partial charge < -0.3 is 14.2 Å². The van der Waals surface area contributed by atoms with E-state index in [4.69, 9.17) is 14.2 Å². The summed E-state index contributed by atoms with van der Waals surface area (Å²) in [5.41, 5.74) is 0.280. The van der Waals surface area contributed by atoms with Crippen LogP contribution in [0, 0.1) is 0 Å². The van der Waals surface area contributed by atoms with Crippen molar-refractivity contribution in [2.75, 3.05) is 13.2 Å². The number of ether oxygens (including phenoxy) is 3. The molecule has 5 heteroatoms. The first kappa shape index (κ1) is 12.9. The van der Waals surface area contributed by atoms with Crippen LogP contribution in [0.5, 0.6) is 0 Å². The van der Waals surface area contributed by atoms with Crippen LogP contribution in [0.4, 0.5) is 0 Å². The molecule has 0 radical (unpaired) electrons. The molecule has 0 saturated carbocycles. The Kier molecular flexibility index (Phi) is 4.64. The second kappa shape index (κ2) is 5.77. The average molecular weight is 228 g/mol. The Morgan fingerprint density at radius 3 is 2.69 bits per heavy atom. The van der Waals surface area contributed by atoms with Gasteiger partial charge in [0.1, 0.15) is 6.61 Å². The molecule has 16 heavy (non-hydrogen) atoms. The largest absolute Gasteiger partial charge is 0.454 e. The van der Waals surface area contributed by atoms with Crippen molar-refractivity contribution in [3.8, 4) is 0 Å². The third kappa shape index (κ3) is 4.12. The number of Topliss-reactive ketones (excluding diaryl/α,β-unsaturated/α-hetero) is 1. The van der Waals surface area contributed by atoms with Gasteiger partial charge >= 0.3 is 5.97 Å². The molecule has 90 valence electrons. The van der Waals surface area contributed by atoms with Crippen molar-refractivity contribution >= 4 is 11.8 Å². The van der Waals surface area contributed by atoms with Crippen LogP contribution in [0.3, 0.4) is 0 Å². The normalized spacial score (nSPS) is 24.1. The maximum absolute atomic E-state index is 11.4. The second-order valence-corrected chi connectivity index (χ2v) is 3.76. The summed E-state index contributed by atoms with van der Waals surface area (Å²) in [5, 5.41) is 0. The van der Waals surface area contributed by atoms with Gasteiger partial charge in [0.2, 0.25) is 0 Å². The minimum atomic E-state index is -0.551. The fourth-order valence-corrected chi connectivity index (χ4v) is 1.28. The molecular formula is C11H16O5. The first-order valence-electron chi connectivity index (χ1n) is 5.10. The Labute approximate surface area is 94.4 Å². The highest BCUT2D eigenvalue weighted by molar-refractivity contribution is 5.89. The van der Waals surface area contributed by atoms with E-state index in [9.17, 15) is 9.59 Å². The van der Waals surface area contributed by atoms with E-state index in [0.717, 1.165) is 0 Å². The van der Waals surface area contributed by atoms with Gasteiger partial charge in [-0.2, -0.15) is 0 Å². The van der Waals surface area contributed by atoms with E-state index in [-0.39, 0.29) is 36.8 Å². The highest BCUT2D eigenvalue weighted by Crippen LogP contribution is 2.13. The van der Waals surface area contributed by atoms with Crippen molar-refractivity contribution in [3.63, 3.8) is 0 Å². The number of rotatable bonds is 5. The van der Waals surface area contributed by atoms with Gasteiger partial charge in [0.15, 0.2) is 12.1 Å². The van der Waals surface area contributed by atoms with E-state index < -0.39 is 5.97 Å². The zero-order chi connectivity index (χ0) is 12.1. The number of hydrogen-bond acceptors (Lipinski definition) is 5. The minimum Gasteiger partial charge on any atom is -0.454 e. The summed E-state index contributed by atoms with van der Waals surface area (Å²) in [4.78, 5) is 22.4. The first-order chi connectivity index (χ1) is 7.49. The molecule has 0 aliphatic carbocycles. The summed E-state index contributed by atoms with van der Waals surface area (Å²) in [5.74, 6) is -0.734. The van der Waals surface area contributed by atoms with Crippen LogP contribution in [0.2, 0.25) is 0 Å². The predicted octanol–water partition coefficient (Wildman–Crippen LogP) is 0.826. The van der Waals surface area contributed by atoms with Gasteiger partial charge in [-0.15, -0.1) is 0 Å². The van der Waals surface area contributed by atoms with E-state index in [1.165, 1.54) is 6.92 Å². The van der Waals surface area contributed by atoms with E-state index in [1.807, 2.05) is 0 Å². The fraction of sp³-hybridized carbons (Fsp3) is 0.636. The lowest BCUT2D eigenvalue weighted by molar-refractivity contribution is -0.144. The number of esters is 1. The predicted molar refractivity (Wildman–Crippen MR) is 55.7 cm³/mol. The standard InChI is InChI=1S/C11H16O5/c1-7(2)11(13)15-5-9(12)4-10-6-14-8(3)16-10/h8,10H,1,4-6H2,2-3H3. The molecule has 0 spiro atoms. The molecule has 0 aromatic rings. The maximum Gasteiger partial charge on any atom is 0.333 e. The third-order valence-corrected chi connectivity index (χ3v) is 2.07. The summed E-state index contributed by atoms with van der Waals surface area (Å²) in [6, 6.07) is 0. The van der Waals surface area contributed by atoms with Gasteiger partial charge in [0, 0.05) is 12.0 Å². The number of hydrogen-bond donors (Lipinski definition) is 0. The van der Waals surface area contributed by atoms with Crippen LogP contribution in [0.15, 0.2) is 12.2 Å². The second-order valence-electron chi connectivity index (χ2n) is 3.76. The molecule has 1 rings (SSSR count). The highest BCUT2D eigenvalue weighted by atomic mass is 16.7. The van der Waals surface area contributed by atoms with Gasteiger partial charge in [-0.25, -0.2) is 4.79 Å². The molecule has 0 N–H and O–H groups in total. The summed E-state index contributed by atoms with van der Waals surface area (Å²) >= 11 is 0. The highest BCUT2D eigenvalue weighted by Gasteiger charge is 2.25. The van der Waals surface area contributed by atoms with Crippen LogP contribution in [-0.4, -0.2) is 37.4 Å². The van der Waals surface area contributed by atoms with Crippen molar-refractivity contribution in [2.45, 2.75) is 32.7 Å². The molecule has 1 aliphatic heterocycles. The van der Waals surface area contributed by atoms with Crippen LogP contribution < -0.4 is 0 Å². The van der Waals surface area contributed by atoms with Crippen molar-refractivity contribution < 1.29 is 23.8 Å². The smallest absolute Gasteiger partial charge is 0.333 e. The SMILES string of the molecule is C=C(C)C(=O)OCC(=O)CC1COC(C)O1. The Bertz CT molecular complexity index is 297. The summed E-state index contributed by atoms with van der Waals surface area (Å²) in [6.07, 6.45) is -0.296. The summed E-state index contributed by atoms with van der Waals surface area (Å²) < 4.78 is 15.1. The molecule has 1 aliphatic rings. The zero-order valence-corrected chi connectivity index (χ0v) is 9.52. The minimum absolute atomic E-state index is 0.183. The Hall–Kier alpha value is -1.20. The Morgan fingerprint density at radius 1 is 1.50 bits per heavy atom. The monoisotopic (exact) mass is 228 g/mol. The van der Waals surface area contributed by atoms with Crippen molar-refractivity contribution in [2.24, 2.45) is 0 Å². The lowest BCUT2D eigenvalue weighted by Crippen LogP contribution is -2.21. The van der Waals surface area contributed by atoms with Gasteiger partial charge in [0.25, 0.3) is 0 Å². The van der Waals surface area contributed by atoms with Crippen LogP contribution in [0.1, 0.15) is 20.3 Å². The topological polar surface area (TPSA) is 61.8 Å². The van der Waals surface area contributed by atoms with E-state index >= 15 is 0 Å². The average Bonchev–Trinajstić information content (AvgIpc) is 2.60. The molecule has 0 aromatic heterocycles. The van der Waals surface area contributed by atoms with Crippen LogP contribution >= 0.6 is 0 Å². The zero-order valence-electron chi connectivity index (χ0n) is 9.52. The van der Waals surface area contributed by atoms with E-state index in [2.05, 4.69) is 6.58 Å². The van der Waals surface area contributed by atoms with Crippen molar-refractivity contribution in [1.29, 1.82) is 0 Å². The number of carbonyl (C=O) groups is 2. The Morgan fingerprint density at radius 2 is 2.19 bits per heavy atom. The lowest BCUT2D eigenvalue weighted by atomic mass is 10.2. The molecule has 2 atom stereocenters. The fourth-order valence-electron chi connectivity index (χ4n) is 1.28. The van der Waals surface area contributed by atoms with Crippen molar-refractivity contribution in [3.05, 3.63) is 12.2 Å². The molecule has 0 amide bonds. The van der Waals surface area contributed by atoms with E-state index in [0.29, 0.717) is 6.61 Å². The molecule has 5 nitrogen and oxygen atoms in total. The molecule has 0 bridgehead atoms. The van der Waals surface area contributed by atoms with E-state index in [1.54, 1.807) is 6.92 Å². The molecule has 1 fully saturated rings. The van der Waals surface area contributed by atoms with Crippen LogP contribution in [-0.2, 0) is 23.8 Å². The lowest BCUT2D eigenvalue weighted by Gasteiger charge is -2.08. The molecule has 1 saturated heterocycles. The van der Waals surface area contributed by atoms with Gasteiger partial charge in [0.05, 0.1) is 12.7 Å². The quantitative estimate of drug-likeness (QED) is 0.515. The molecule has 0 aromatic carbocycles. The summed E-state index contributed by atoms with van der Waals surface area (Å²) in [7, 11) is 0. The molecular weight excluding hydrogens is 212 g/mol. The first-order valence-corrected chi connectivity index (χ1v) is 5.10. The van der Waals surface area contributed by atoms with Crippen LogP contribution in [0.25, 0.3) is 0 Å². The van der Waals surface area contributed by atoms with Gasteiger partial charge in [-0.1, -0.05) is 6.58 Å². The molecule has 1 heterocycles. The van der Waals surface area contributed by atoms with Crippen molar-refractivity contribution in [1.82, 2.24) is 0 Å². The Balaban J connectivity index is 2.21. The van der Waals surface area contributed by atoms with Gasteiger partial charge in [-0.05, 0) is 13.8 Å².